The average Bonchev–Trinajstić information content (AvgIpc) is 2.74. The summed E-state index contributed by atoms with van der Waals surface area (Å²) in [5.41, 5.74) is 10.9. The number of piperidine rings is 1. The minimum absolute atomic E-state index is 0.227. The predicted octanol–water partition coefficient (Wildman–Crippen LogP) is 2.70. The smallest absolute Gasteiger partial charge is 0.255 e. The fourth-order valence-electron chi connectivity index (χ4n) is 3.00. The Hall–Kier alpha value is -3.17. The average molecular weight is 413 g/mol. The topological polar surface area (TPSA) is 97.5 Å². The molecule has 152 valence electrons. The molecule has 0 aliphatic carbocycles. The molecule has 2 aromatic rings. The molecule has 0 atom stereocenters. The maximum absolute atomic E-state index is 12.6. The number of benzene rings is 2. The predicted molar refractivity (Wildman–Crippen MR) is 118 cm³/mol. The van der Waals surface area contributed by atoms with Gasteiger partial charge in [-0.3, -0.25) is 25.9 Å². The van der Waals surface area contributed by atoms with Gasteiger partial charge in [0.25, 0.3) is 5.91 Å². The lowest BCUT2D eigenvalue weighted by atomic mass is 10.2. The second-order valence-electron chi connectivity index (χ2n) is 6.61. The molecule has 2 aromatic carbocycles. The van der Waals surface area contributed by atoms with Crippen LogP contribution in [-0.2, 0) is 4.79 Å². The van der Waals surface area contributed by atoms with Crippen LogP contribution in [0, 0.1) is 0 Å². The molecule has 0 unspecified atom stereocenters. The van der Waals surface area contributed by atoms with Crippen LogP contribution in [0.2, 0.25) is 0 Å². The van der Waals surface area contributed by atoms with Gasteiger partial charge in [-0.25, -0.2) is 5.01 Å². The van der Waals surface area contributed by atoms with Gasteiger partial charge in [0.05, 0.1) is 5.69 Å². The van der Waals surface area contributed by atoms with Gasteiger partial charge in [0, 0.05) is 30.0 Å². The minimum Gasteiger partial charge on any atom is -0.332 e. The molecule has 9 heteroatoms. The molecule has 29 heavy (non-hydrogen) atoms. The lowest BCUT2D eigenvalue weighted by molar-refractivity contribution is -0.109. The lowest BCUT2D eigenvalue weighted by Gasteiger charge is -2.28. The van der Waals surface area contributed by atoms with Crippen LogP contribution in [0.1, 0.15) is 29.6 Å². The molecule has 3 rings (SSSR count). The van der Waals surface area contributed by atoms with Gasteiger partial charge < -0.3 is 10.6 Å². The first kappa shape index (κ1) is 20.6. The van der Waals surface area contributed by atoms with Crippen molar-refractivity contribution in [2.24, 2.45) is 0 Å². The Morgan fingerprint density at radius 3 is 2.38 bits per heavy atom. The van der Waals surface area contributed by atoms with Crippen LogP contribution in [0.15, 0.2) is 48.5 Å². The van der Waals surface area contributed by atoms with Crippen molar-refractivity contribution in [2.75, 3.05) is 29.1 Å². The standard InChI is InChI=1S/C20H24N6O2S/c27-14-21-24-17-9-7-16(8-10-17)22-19(28)15-5-4-6-18(13-15)23-20(29)25-26-11-2-1-3-12-26/h4-10,13-14,24H,1-3,11-12H2,(H,21,27)(H,22,28)(H2,23,25,29). The third-order valence-electron chi connectivity index (χ3n) is 4.42. The Balaban J connectivity index is 1.55. The van der Waals surface area contributed by atoms with Gasteiger partial charge in [0.2, 0.25) is 6.41 Å². The number of carbonyl (C=O) groups is 2. The zero-order valence-electron chi connectivity index (χ0n) is 15.9. The highest BCUT2D eigenvalue weighted by Gasteiger charge is 2.12. The highest BCUT2D eigenvalue weighted by molar-refractivity contribution is 7.80. The van der Waals surface area contributed by atoms with Crippen LogP contribution in [0.25, 0.3) is 0 Å². The first-order chi connectivity index (χ1) is 14.1. The van der Waals surface area contributed by atoms with Crippen LogP contribution in [0.4, 0.5) is 17.1 Å². The van der Waals surface area contributed by atoms with E-state index in [2.05, 4.69) is 31.9 Å². The number of nitrogens with one attached hydrogen (secondary N) is 5. The number of carbonyl (C=O) groups excluding carboxylic acids is 2. The number of anilines is 3. The Morgan fingerprint density at radius 1 is 0.931 bits per heavy atom. The fourth-order valence-corrected chi connectivity index (χ4v) is 3.25. The normalized spacial score (nSPS) is 13.8. The van der Waals surface area contributed by atoms with Crippen molar-refractivity contribution in [1.29, 1.82) is 0 Å². The van der Waals surface area contributed by atoms with Gasteiger partial charge >= 0.3 is 0 Å². The SMILES string of the molecule is O=CNNc1ccc(NC(=O)c2cccc(NC(=S)NN3CCCCC3)c2)cc1. The summed E-state index contributed by atoms with van der Waals surface area (Å²) < 4.78 is 0. The molecule has 0 saturated carbocycles. The monoisotopic (exact) mass is 412 g/mol. The number of hydrogen-bond acceptors (Lipinski definition) is 5. The number of amides is 2. The summed E-state index contributed by atoms with van der Waals surface area (Å²) in [6.45, 7) is 1.95. The van der Waals surface area contributed by atoms with Gasteiger partial charge in [-0.1, -0.05) is 12.5 Å². The Morgan fingerprint density at radius 2 is 1.66 bits per heavy atom. The molecule has 1 fully saturated rings. The van der Waals surface area contributed by atoms with E-state index in [1.807, 2.05) is 6.07 Å². The molecule has 0 radical (unpaired) electrons. The molecule has 8 nitrogen and oxygen atoms in total. The van der Waals surface area contributed by atoms with Crippen molar-refractivity contribution in [3.8, 4) is 0 Å². The molecular formula is C20H24N6O2S. The van der Waals surface area contributed by atoms with Crippen LogP contribution in [0.5, 0.6) is 0 Å². The van der Waals surface area contributed by atoms with E-state index in [4.69, 9.17) is 12.2 Å². The van der Waals surface area contributed by atoms with E-state index in [0.717, 1.165) is 31.6 Å². The molecule has 0 spiro atoms. The van der Waals surface area contributed by atoms with Gasteiger partial charge in [0.15, 0.2) is 5.11 Å². The summed E-state index contributed by atoms with van der Waals surface area (Å²) in [6, 6.07) is 14.1. The van der Waals surface area contributed by atoms with E-state index in [9.17, 15) is 9.59 Å². The molecular weight excluding hydrogens is 388 g/mol. The van der Waals surface area contributed by atoms with E-state index >= 15 is 0 Å². The summed E-state index contributed by atoms with van der Waals surface area (Å²) in [7, 11) is 0. The molecule has 1 saturated heterocycles. The van der Waals surface area contributed by atoms with Crippen molar-refractivity contribution in [3.05, 3.63) is 54.1 Å². The minimum atomic E-state index is -0.227. The Labute approximate surface area is 175 Å². The molecule has 1 aliphatic rings. The largest absolute Gasteiger partial charge is 0.332 e. The van der Waals surface area contributed by atoms with Crippen molar-refractivity contribution >= 4 is 46.7 Å². The van der Waals surface area contributed by atoms with Gasteiger partial charge in [0.1, 0.15) is 0 Å². The highest BCUT2D eigenvalue weighted by atomic mass is 32.1. The first-order valence-electron chi connectivity index (χ1n) is 9.43. The quantitative estimate of drug-likeness (QED) is 0.271. The molecule has 5 N–H and O–H groups in total. The van der Waals surface area contributed by atoms with Gasteiger partial charge in [-0.05, 0) is 67.5 Å². The second-order valence-corrected chi connectivity index (χ2v) is 7.02. The van der Waals surface area contributed by atoms with Gasteiger partial charge in [-0.15, -0.1) is 0 Å². The van der Waals surface area contributed by atoms with Gasteiger partial charge in [-0.2, -0.15) is 0 Å². The first-order valence-corrected chi connectivity index (χ1v) is 9.84. The van der Waals surface area contributed by atoms with Crippen molar-refractivity contribution in [3.63, 3.8) is 0 Å². The number of hydrogen-bond donors (Lipinski definition) is 5. The number of rotatable bonds is 7. The molecule has 1 aliphatic heterocycles. The Kier molecular flexibility index (Phi) is 7.37. The van der Waals surface area contributed by atoms with Crippen LogP contribution in [0.3, 0.4) is 0 Å². The number of nitrogens with zero attached hydrogens (tertiary/aromatic N) is 1. The van der Waals surface area contributed by atoms with E-state index < -0.39 is 0 Å². The van der Waals surface area contributed by atoms with Crippen LogP contribution in [-0.4, -0.2) is 35.5 Å². The molecule has 2 amide bonds. The molecule has 0 aromatic heterocycles. The van der Waals surface area contributed by atoms with E-state index in [1.54, 1.807) is 42.5 Å². The summed E-state index contributed by atoms with van der Waals surface area (Å²) >= 11 is 5.38. The van der Waals surface area contributed by atoms with Crippen LogP contribution >= 0.6 is 12.2 Å². The van der Waals surface area contributed by atoms with E-state index in [-0.39, 0.29) is 5.91 Å². The van der Waals surface area contributed by atoms with Crippen LogP contribution < -0.4 is 26.9 Å². The second kappa shape index (κ2) is 10.4. The van der Waals surface area contributed by atoms with Crippen molar-refractivity contribution < 1.29 is 9.59 Å². The van der Waals surface area contributed by atoms with E-state index in [0.29, 0.717) is 28.5 Å². The summed E-state index contributed by atoms with van der Waals surface area (Å²) in [4.78, 5) is 22.8. The third kappa shape index (κ3) is 6.44. The van der Waals surface area contributed by atoms with E-state index in [1.165, 1.54) is 6.42 Å². The molecule has 1 heterocycles. The maximum atomic E-state index is 12.6. The maximum Gasteiger partial charge on any atom is 0.255 e. The fraction of sp³-hybridized carbons (Fsp3) is 0.250. The summed E-state index contributed by atoms with van der Waals surface area (Å²) in [5.74, 6) is -0.227. The summed E-state index contributed by atoms with van der Waals surface area (Å²) in [6.07, 6.45) is 4.13. The number of hydrazine groups is 2. The lowest BCUT2D eigenvalue weighted by Crippen LogP contribution is -2.46. The number of thiocarbonyl (C=S) groups is 1. The zero-order chi connectivity index (χ0) is 20.5. The third-order valence-corrected chi connectivity index (χ3v) is 4.61. The summed E-state index contributed by atoms with van der Waals surface area (Å²) in [5, 5.41) is 8.60. The molecule has 0 bridgehead atoms. The van der Waals surface area contributed by atoms with Crippen molar-refractivity contribution in [2.45, 2.75) is 19.3 Å². The zero-order valence-corrected chi connectivity index (χ0v) is 16.7. The van der Waals surface area contributed by atoms with Crippen molar-refractivity contribution in [1.82, 2.24) is 15.9 Å². The Bertz CT molecular complexity index is 852. The highest BCUT2D eigenvalue weighted by Crippen LogP contribution is 2.16.